The number of anilines is 1. The lowest BCUT2D eigenvalue weighted by molar-refractivity contribution is 0.355. The molecule has 0 radical (unpaired) electrons. The smallest absolute Gasteiger partial charge is 0.263 e. The Hall–Kier alpha value is -1.44. The molecular weight excluding hydrogens is 406 g/mol. The van der Waals surface area contributed by atoms with Crippen molar-refractivity contribution in [2.24, 2.45) is 0 Å². The van der Waals surface area contributed by atoms with E-state index in [1.807, 2.05) is 0 Å². The van der Waals surface area contributed by atoms with E-state index >= 15 is 0 Å². The van der Waals surface area contributed by atoms with Crippen LogP contribution in [0.2, 0.25) is 5.02 Å². The second-order valence-corrected chi connectivity index (χ2v) is 7.68. The number of hydrogen-bond donors (Lipinski definition) is 1. The molecule has 124 valence electrons. The summed E-state index contributed by atoms with van der Waals surface area (Å²) in [5.74, 6) is 0.951. The van der Waals surface area contributed by atoms with E-state index in [9.17, 15) is 8.42 Å². The maximum atomic E-state index is 12.6. The maximum absolute atomic E-state index is 12.6. The van der Waals surface area contributed by atoms with Crippen LogP contribution >= 0.6 is 27.5 Å². The molecule has 0 spiro atoms. The summed E-state index contributed by atoms with van der Waals surface area (Å²) in [5.41, 5.74) is 1.08. The first-order valence-corrected chi connectivity index (χ1v) is 9.14. The topological polar surface area (TPSA) is 64.6 Å². The first kappa shape index (κ1) is 17.9. The number of halogens is 2. The van der Waals surface area contributed by atoms with Gasteiger partial charge in [0.2, 0.25) is 0 Å². The zero-order valence-electron chi connectivity index (χ0n) is 12.7. The Bertz CT molecular complexity index is 840. The molecule has 2 aromatic carbocycles. The Labute approximate surface area is 148 Å². The highest BCUT2D eigenvalue weighted by molar-refractivity contribution is 9.10. The second-order valence-electron chi connectivity index (χ2n) is 4.70. The van der Waals surface area contributed by atoms with Crippen LogP contribution in [0.4, 0.5) is 5.69 Å². The van der Waals surface area contributed by atoms with Gasteiger partial charge in [0.05, 0.1) is 24.9 Å². The Morgan fingerprint density at radius 1 is 1.09 bits per heavy atom. The molecule has 2 aromatic rings. The summed E-state index contributed by atoms with van der Waals surface area (Å²) in [6, 6.07) is 7.84. The first-order valence-electron chi connectivity index (χ1n) is 6.49. The molecule has 5 nitrogen and oxygen atoms in total. The molecule has 8 heteroatoms. The number of aryl methyl sites for hydroxylation is 1. The van der Waals surface area contributed by atoms with Gasteiger partial charge in [0, 0.05) is 10.5 Å². The molecular formula is C15H15BrClNO4S. The minimum absolute atomic E-state index is 0.00319. The standard InChI is InChI=1S/C15H15BrClNO4S/c1-9-6-13(21-2)14(22-3)8-12(9)18-23(19,20)15-5-4-10(16)7-11(15)17/h4-8,18H,1-3H3. The molecule has 0 atom stereocenters. The van der Waals surface area contributed by atoms with Crippen molar-refractivity contribution in [3.05, 3.63) is 45.4 Å². The zero-order chi connectivity index (χ0) is 17.2. The van der Waals surface area contributed by atoms with Gasteiger partial charge in [0.1, 0.15) is 4.90 Å². The minimum atomic E-state index is -3.83. The van der Waals surface area contributed by atoms with Crippen LogP contribution in [0.15, 0.2) is 39.7 Å². The number of sulfonamides is 1. The predicted octanol–water partition coefficient (Wildman–Crippen LogP) is 4.23. The molecule has 0 saturated carbocycles. The van der Waals surface area contributed by atoms with E-state index < -0.39 is 10.0 Å². The fourth-order valence-corrected chi connectivity index (χ4v) is 4.14. The molecule has 0 saturated heterocycles. The zero-order valence-corrected chi connectivity index (χ0v) is 15.8. The third-order valence-corrected chi connectivity index (χ3v) is 5.50. The molecule has 0 heterocycles. The van der Waals surface area contributed by atoms with E-state index in [0.717, 1.165) is 0 Å². The van der Waals surface area contributed by atoms with Gasteiger partial charge in [-0.1, -0.05) is 27.5 Å². The van der Waals surface area contributed by atoms with E-state index in [1.165, 1.54) is 26.4 Å². The molecule has 0 unspecified atom stereocenters. The van der Waals surface area contributed by atoms with Crippen LogP contribution in [0.25, 0.3) is 0 Å². The van der Waals surface area contributed by atoms with Crippen molar-refractivity contribution >= 4 is 43.2 Å². The van der Waals surface area contributed by atoms with E-state index in [4.69, 9.17) is 21.1 Å². The fourth-order valence-electron chi connectivity index (χ4n) is 1.98. The summed E-state index contributed by atoms with van der Waals surface area (Å²) < 4.78 is 38.7. The van der Waals surface area contributed by atoms with Crippen molar-refractivity contribution in [1.82, 2.24) is 0 Å². The Balaban J connectivity index is 2.45. The van der Waals surface area contributed by atoms with E-state index in [-0.39, 0.29) is 9.92 Å². The summed E-state index contributed by atoms with van der Waals surface area (Å²) in [6.07, 6.45) is 0. The molecule has 0 aliphatic carbocycles. The molecule has 0 aromatic heterocycles. The molecule has 0 aliphatic heterocycles. The molecule has 0 amide bonds. The Kier molecular flexibility index (Phi) is 5.44. The summed E-state index contributed by atoms with van der Waals surface area (Å²) in [7, 11) is -0.827. The van der Waals surface area contributed by atoms with Crippen molar-refractivity contribution in [1.29, 1.82) is 0 Å². The number of ether oxygens (including phenoxy) is 2. The average Bonchev–Trinajstić information content (AvgIpc) is 2.48. The lowest BCUT2D eigenvalue weighted by atomic mass is 10.2. The van der Waals surface area contributed by atoms with Crippen molar-refractivity contribution in [2.75, 3.05) is 18.9 Å². The number of nitrogens with one attached hydrogen (secondary N) is 1. The first-order chi connectivity index (χ1) is 10.8. The quantitative estimate of drug-likeness (QED) is 0.786. The van der Waals surface area contributed by atoms with Gasteiger partial charge in [-0.2, -0.15) is 0 Å². The van der Waals surface area contributed by atoms with Crippen LogP contribution in [0.1, 0.15) is 5.56 Å². The lowest BCUT2D eigenvalue weighted by Gasteiger charge is -2.15. The SMILES string of the molecule is COc1cc(C)c(NS(=O)(=O)c2ccc(Br)cc2Cl)cc1OC. The van der Waals surface area contributed by atoms with E-state index in [2.05, 4.69) is 20.7 Å². The largest absolute Gasteiger partial charge is 0.493 e. The summed E-state index contributed by atoms with van der Waals surface area (Å²) >= 11 is 9.28. The Morgan fingerprint density at radius 3 is 2.26 bits per heavy atom. The molecule has 0 aliphatic rings. The van der Waals surface area contributed by atoms with Crippen molar-refractivity contribution in [2.45, 2.75) is 11.8 Å². The Morgan fingerprint density at radius 2 is 1.70 bits per heavy atom. The molecule has 23 heavy (non-hydrogen) atoms. The summed E-state index contributed by atoms with van der Waals surface area (Å²) in [5, 5.41) is 0.130. The van der Waals surface area contributed by atoms with Gasteiger partial charge in [0.15, 0.2) is 11.5 Å². The van der Waals surface area contributed by atoms with Gasteiger partial charge in [-0.15, -0.1) is 0 Å². The van der Waals surface area contributed by atoms with E-state index in [0.29, 0.717) is 27.2 Å². The molecule has 2 rings (SSSR count). The average molecular weight is 421 g/mol. The van der Waals surface area contributed by atoms with Gasteiger partial charge in [0.25, 0.3) is 10.0 Å². The number of methoxy groups -OCH3 is 2. The van der Waals surface area contributed by atoms with Crippen molar-refractivity contribution < 1.29 is 17.9 Å². The van der Waals surface area contributed by atoms with Crippen LogP contribution in [0.5, 0.6) is 11.5 Å². The number of hydrogen-bond acceptors (Lipinski definition) is 4. The van der Waals surface area contributed by atoms with Crippen LogP contribution in [-0.2, 0) is 10.0 Å². The van der Waals surface area contributed by atoms with Crippen molar-refractivity contribution in [3.63, 3.8) is 0 Å². The predicted molar refractivity (Wildman–Crippen MR) is 94.2 cm³/mol. The molecule has 0 fully saturated rings. The van der Waals surface area contributed by atoms with Gasteiger partial charge < -0.3 is 9.47 Å². The van der Waals surface area contributed by atoms with E-state index in [1.54, 1.807) is 25.1 Å². The highest BCUT2D eigenvalue weighted by Crippen LogP contribution is 2.34. The molecule has 0 bridgehead atoms. The van der Waals surface area contributed by atoms with Crippen LogP contribution in [0.3, 0.4) is 0 Å². The highest BCUT2D eigenvalue weighted by Gasteiger charge is 2.20. The monoisotopic (exact) mass is 419 g/mol. The fraction of sp³-hybridized carbons (Fsp3) is 0.200. The maximum Gasteiger partial charge on any atom is 0.263 e. The number of benzene rings is 2. The molecule has 1 N–H and O–H groups in total. The third kappa shape index (κ3) is 3.91. The summed E-state index contributed by atoms with van der Waals surface area (Å²) in [4.78, 5) is -0.00319. The van der Waals surface area contributed by atoms with Crippen LogP contribution in [-0.4, -0.2) is 22.6 Å². The van der Waals surface area contributed by atoms with Gasteiger partial charge in [-0.05, 0) is 36.8 Å². The van der Waals surface area contributed by atoms with Gasteiger partial charge >= 0.3 is 0 Å². The van der Waals surface area contributed by atoms with Gasteiger partial charge in [-0.25, -0.2) is 8.42 Å². The highest BCUT2D eigenvalue weighted by atomic mass is 79.9. The van der Waals surface area contributed by atoms with Crippen molar-refractivity contribution in [3.8, 4) is 11.5 Å². The third-order valence-electron chi connectivity index (χ3n) is 3.16. The second kappa shape index (κ2) is 6.98. The normalized spacial score (nSPS) is 11.2. The summed E-state index contributed by atoms with van der Waals surface area (Å²) in [6.45, 7) is 1.77. The minimum Gasteiger partial charge on any atom is -0.493 e. The lowest BCUT2D eigenvalue weighted by Crippen LogP contribution is -2.14. The van der Waals surface area contributed by atoms with Crippen LogP contribution in [0, 0.1) is 6.92 Å². The van der Waals surface area contributed by atoms with Gasteiger partial charge in [-0.3, -0.25) is 4.72 Å². The number of rotatable bonds is 5. The van der Waals surface area contributed by atoms with Crippen LogP contribution < -0.4 is 14.2 Å².